The van der Waals surface area contributed by atoms with Crippen LogP contribution in [0.3, 0.4) is 0 Å². The van der Waals surface area contributed by atoms with Crippen molar-refractivity contribution in [2.75, 3.05) is 0 Å². The van der Waals surface area contributed by atoms with Crippen LogP contribution in [-0.4, -0.2) is 12.4 Å². The topological polar surface area (TPSA) is 36.2 Å². The largest absolute Gasteiger partial charge is 0.307 e. The molecule has 0 aliphatic carbocycles. The second-order valence-corrected chi connectivity index (χ2v) is 1.78. The van der Waals surface area contributed by atoms with Crippen molar-refractivity contribution >= 4 is 18.1 Å². The van der Waals surface area contributed by atoms with Gasteiger partial charge in [-0.1, -0.05) is 18.2 Å². The molecule has 0 saturated carbocycles. The lowest BCUT2D eigenvalue weighted by Crippen LogP contribution is -1.69. The van der Waals surface area contributed by atoms with Crippen molar-refractivity contribution in [3.05, 3.63) is 30.3 Å². The van der Waals surface area contributed by atoms with Crippen LogP contribution in [0, 0.1) is 5.41 Å². The smallest absolute Gasteiger partial charge is 0.0630 e. The van der Waals surface area contributed by atoms with Gasteiger partial charge in [-0.3, -0.25) is 4.99 Å². The minimum Gasteiger partial charge on any atom is -0.307 e. The Morgan fingerprint density at radius 3 is 2.50 bits per heavy atom. The van der Waals surface area contributed by atoms with Gasteiger partial charge in [-0.05, 0) is 12.1 Å². The third kappa shape index (κ3) is 1.82. The molecule has 50 valence electrons. The van der Waals surface area contributed by atoms with Crippen LogP contribution in [0.2, 0.25) is 0 Å². The number of nitrogens with zero attached hydrogens (tertiary/aromatic N) is 1. The van der Waals surface area contributed by atoms with E-state index in [2.05, 4.69) is 4.99 Å². The zero-order valence-electron chi connectivity index (χ0n) is 5.49. The van der Waals surface area contributed by atoms with Gasteiger partial charge in [0.15, 0.2) is 0 Å². The molecule has 0 aromatic heterocycles. The highest BCUT2D eigenvalue weighted by Crippen LogP contribution is 2.07. The summed E-state index contributed by atoms with van der Waals surface area (Å²) in [5, 5.41) is 6.68. The summed E-state index contributed by atoms with van der Waals surface area (Å²) < 4.78 is 0. The molecule has 0 aliphatic heterocycles. The van der Waals surface area contributed by atoms with E-state index in [-0.39, 0.29) is 0 Å². The fourth-order valence-electron chi connectivity index (χ4n) is 0.637. The van der Waals surface area contributed by atoms with Gasteiger partial charge in [0.25, 0.3) is 0 Å². The predicted octanol–water partition coefficient (Wildman–Crippen LogP) is 2.04. The number of hydrogen-bond acceptors (Lipinski definition) is 2. The van der Waals surface area contributed by atoms with Gasteiger partial charge in [0.1, 0.15) is 0 Å². The lowest BCUT2D eigenvalue weighted by molar-refractivity contribution is 1.54. The maximum atomic E-state index is 6.68. The van der Waals surface area contributed by atoms with E-state index in [9.17, 15) is 0 Å². The summed E-state index contributed by atoms with van der Waals surface area (Å²) >= 11 is 0. The Morgan fingerprint density at radius 2 is 1.90 bits per heavy atom. The highest BCUT2D eigenvalue weighted by molar-refractivity contribution is 6.15. The van der Waals surface area contributed by atoms with Crippen molar-refractivity contribution in [2.45, 2.75) is 0 Å². The molecule has 0 atom stereocenters. The summed E-state index contributed by atoms with van der Waals surface area (Å²) in [5.41, 5.74) is 0.881. The fourth-order valence-corrected chi connectivity index (χ4v) is 0.637. The molecule has 0 radical (unpaired) electrons. The molecule has 0 bridgehead atoms. The monoisotopic (exact) mass is 132 g/mol. The summed E-state index contributed by atoms with van der Waals surface area (Å²) in [4.78, 5) is 3.96. The Hall–Kier alpha value is -1.44. The minimum absolute atomic E-state index is 0.881. The van der Waals surface area contributed by atoms with Crippen LogP contribution < -0.4 is 0 Å². The van der Waals surface area contributed by atoms with E-state index in [4.69, 9.17) is 5.41 Å². The Morgan fingerprint density at radius 1 is 1.20 bits per heavy atom. The first-order chi connectivity index (χ1) is 4.93. The van der Waals surface area contributed by atoms with Crippen LogP contribution in [0.15, 0.2) is 35.3 Å². The third-order valence-electron chi connectivity index (χ3n) is 1.05. The summed E-state index contributed by atoms with van der Waals surface area (Å²) in [6, 6.07) is 9.54. The average Bonchev–Trinajstić information content (AvgIpc) is 2.03. The Kier molecular flexibility index (Phi) is 2.38. The summed E-state index contributed by atoms with van der Waals surface area (Å²) in [7, 11) is 0. The SMILES string of the molecule is N=C/C=N\c1ccccc1. The maximum absolute atomic E-state index is 6.68. The summed E-state index contributed by atoms with van der Waals surface area (Å²) in [5.74, 6) is 0. The quantitative estimate of drug-likeness (QED) is 0.598. The summed E-state index contributed by atoms with van der Waals surface area (Å²) in [6.45, 7) is 0. The minimum atomic E-state index is 0.881. The molecule has 0 amide bonds. The molecule has 1 aromatic rings. The molecule has 1 aromatic carbocycles. The molecule has 2 nitrogen and oxygen atoms in total. The number of benzene rings is 1. The number of aliphatic imine (C=N–C) groups is 1. The predicted molar refractivity (Wildman–Crippen MR) is 43.4 cm³/mol. The van der Waals surface area contributed by atoms with E-state index in [1.165, 1.54) is 6.21 Å². The van der Waals surface area contributed by atoms with Crippen LogP contribution >= 0.6 is 0 Å². The van der Waals surface area contributed by atoms with Gasteiger partial charge in [-0.15, -0.1) is 0 Å². The van der Waals surface area contributed by atoms with Gasteiger partial charge in [-0.2, -0.15) is 0 Å². The normalized spacial score (nSPS) is 10.0. The highest BCUT2D eigenvalue weighted by atomic mass is 14.7. The molecule has 1 rings (SSSR count). The third-order valence-corrected chi connectivity index (χ3v) is 1.05. The van der Waals surface area contributed by atoms with E-state index in [0.717, 1.165) is 11.9 Å². The van der Waals surface area contributed by atoms with Crippen molar-refractivity contribution < 1.29 is 0 Å². The van der Waals surface area contributed by atoms with Crippen LogP contribution in [0.1, 0.15) is 0 Å². The van der Waals surface area contributed by atoms with Gasteiger partial charge in [0.05, 0.1) is 5.69 Å². The second kappa shape index (κ2) is 3.56. The molecule has 1 N–H and O–H groups in total. The van der Waals surface area contributed by atoms with Crippen molar-refractivity contribution in [2.24, 2.45) is 4.99 Å². The Balaban J connectivity index is 2.76. The molecule has 0 fully saturated rings. The van der Waals surface area contributed by atoms with Gasteiger partial charge >= 0.3 is 0 Å². The van der Waals surface area contributed by atoms with Crippen LogP contribution in [0.25, 0.3) is 0 Å². The van der Waals surface area contributed by atoms with Gasteiger partial charge in [-0.25, -0.2) is 0 Å². The molecule has 0 saturated heterocycles. The Labute approximate surface area is 59.7 Å². The zero-order chi connectivity index (χ0) is 7.23. The standard InChI is InChI=1S/C8H8N2/c9-6-7-10-8-4-2-1-3-5-8/h1-7,9H/b9-6?,10-7-. The lowest BCUT2D eigenvalue weighted by atomic mass is 10.3. The number of para-hydroxylation sites is 1. The van der Waals surface area contributed by atoms with E-state index in [1.807, 2.05) is 30.3 Å². The number of rotatable bonds is 2. The first-order valence-electron chi connectivity index (χ1n) is 3.01. The van der Waals surface area contributed by atoms with Crippen molar-refractivity contribution in [3.63, 3.8) is 0 Å². The second-order valence-electron chi connectivity index (χ2n) is 1.78. The highest BCUT2D eigenvalue weighted by Gasteiger charge is 1.79. The fraction of sp³-hybridized carbons (Fsp3) is 0. The molecular weight excluding hydrogens is 124 g/mol. The van der Waals surface area contributed by atoms with Gasteiger partial charge in [0.2, 0.25) is 0 Å². The van der Waals surface area contributed by atoms with Crippen molar-refractivity contribution in [1.82, 2.24) is 0 Å². The first kappa shape index (κ1) is 6.68. The summed E-state index contributed by atoms with van der Waals surface area (Å²) in [6.07, 6.45) is 2.61. The van der Waals surface area contributed by atoms with E-state index < -0.39 is 0 Å². The molecule has 0 spiro atoms. The van der Waals surface area contributed by atoms with Gasteiger partial charge < -0.3 is 5.41 Å². The molecular formula is C8H8N2. The van der Waals surface area contributed by atoms with Crippen LogP contribution in [-0.2, 0) is 0 Å². The van der Waals surface area contributed by atoms with E-state index in [1.54, 1.807) is 0 Å². The first-order valence-corrected chi connectivity index (χ1v) is 3.01. The molecule has 2 heteroatoms. The maximum Gasteiger partial charge on any atom is 0.0630 e. The van der Waals surface area contributed by atoms with Crippen LogP contribution in [0.4, 0.5) is 5.69 Å². The molecule has 10 heavy (non-hydrogen) atoms. The van der Waals surface area contributed by atoms with Crippen molar-refractivity contribution in [3.8, 4) is 0 Å². The van der Waals surface area contributed by atoms with E-state index in [0.29, 0.717) is 0 Å². The Bertz CT molecular complexity index is 226. The number of nitrogens with one attached hydrogen (secondary N) is 1. The van der Waals surface area contributed by atoms with E-state index >= 15 is 0 Å². The lowest BCUT2D eigenvalue weighted by Gasteiger charge is -1.86. The zero-order valence-corrected chi connectivity index (χ0v) is 5.49. The molecule has 0 aliphatic rings. The number of hydrogen-bond donors (Lipinski definition) is 1. The van der Waals surface area contributed by atoms with Crippen LogP contribution in [0.5, 0.6) is 0 Å². The van der Waals surface area contributed by atoms with Gasteiger partial charge in [0, 0.05) is 12.4 Å². The van der Waals surface area contributed by atoms with Crippen molar-refractivity contribution in [1.29, 1.82) is 5.41 Å². The molecule has 0 heterocycles. The molecule has 0 unspecified atom stereocenters. The average molecular weight is 132 g/mol.